The molecule has 0 aliphatic carbocycles. The highest BCUT2D eigenvalue weighted by molar-refractivity contribution is 9.10. The van der Waals surface area contributed by atoms with Gasteiger partial charge in [-0.25, -0.2) is 0 Å². The van der Waals surface area contributed by atoms with E-state index < -0.39 is 6.10 Å². The number of halogens is 1. The summed E-state index contributed by atoms with van der Waals surface area (Å²) >= 11 is 3.32. The predicted molar refractivity (Wildman–Crippen MR) is 77.8 cm³/mol. The van der Waals surface area contributed by atoms with Gasteiger partial charge in [-0.2, -0.15) is 9.97 Å². The molecule has 1 aromatic heterocycles. The number of hydrogen-bond donors (Lipinski definition) is 2. The standard InChI is InChI=1S/C13H14BrN3O3/c1-19-9-6-10(20-2)17-13(16-9)12(18)7-4-3-5-8(14)11(7)15/h3-6,12,18H,15H2,1-2H3. The van der Waals surface area contributed by atoms with Crippen LogP contribution >= 0.6 is 15.9 Å². The quantitative estimate of drug-likeness (QED) is 0.827. The van der Waals surface area contributed by atoms with Crippen molar-refractivity contribution < 1.29 is 14.6 Å². The second-order valence-corrected chi connectivity index (χ2v) is 4.81. The fourth-order valence-corrected chi connectivity index (χ4v) is 2.07. The minimum atomic E-state index is -1.07. The summed E-state index contributed by atoms with van der Waals surface area (Å²) in [7, 11) is 2.96. The highest BCUT2D eigenvalue weighted by Gasteiger charge is 2.19. The molecule has 1 unspecified atom stereocenters. The molecule has 7 heteroatoms. The zero-order chi connectivity index (χ0) is 14.7. The minimum Gasteiger partial charge on any atom is -0.481 e. The number of nitrogens with two attached hydrogens (primary N) is 1. The number of benzene rings is 1. The molecule has 0 amide bonds. The number of para-hydroxylation sites is 1. The fraction of sp³-hybridized carbons (Fsp3) is 0.231. The topological polar surface area (TPSA) is 90.5 Å². The number of aromatic nitrogens is 2. The van der Waals surface area contributed by atoms with Gasteiger partial charge in [-0.3, -0.25) is 0 Å². The van der Waals surface area contributed by atoms with Crippen molar-refractivity contribution in [3.8, 4) is 11.8 Å². The molecule has 106 valence electrons. The minimum absolute atomic E-state index is 0.158. The molecule has 1 heterocycles. The molecule has 0 saturated carbocycles. The third-order valence-corrected chi connectivity index (χ3v) is 3.43. The summed E-state index contributed by atoms with van der Waals surface area (Å²) in [6.07, 6.45) is -1.07. The SMILES string of the molecule is COc1cc(OC)nc(C(O)c2cccc(Br)c2N)n1. The molecule has 0 fully saturated rings. The van der Waals surface area contributed by atoms with Crippen molar-refractivity contribution in [1.29, 1.82) is 0 Å². The van der Waals surface area contributed by atoms with E-state index in [4.69, 9.17) is 15.2 Å². The Bertz CT molecular complexity index is 600. The highest BCUT2D eigenvalue weighted by atomic mass is 79.9. The van der Waals surface area contributed by atoms with E-state index in [1.165, 1.54) is 20.3 Å². The first-order valence-corrected chi connectivity index (χ1v) is 6.55. The Morgan fingerprint density at radius 2 is 1.80 bits per heavy atom. The van der Waals surface area contributed by atoms with Gasteiger partial charge in [0.15, 0.2) is 5.82 Å². The first kappa shape index (κ1) is 14.5. The summed E-state index contributed by atoms with van der Waals surface area (Å²) in [5, 5.41) is 10.4. The largest absolute Gasteiger partial charge is 0.481 e. The summed E-state index contributed by atoms with van der Waals surface area (Å²) in [5.41, 5.74) is 6.88. The third kappa shape index (κ3) is 2.83. The number of aliphatic hydroxyl groups is 1. The Kier molecular flexibility index (Phi) is 4.41. The Labute approximate surface area is 124 Å². The first-order valence-electron chi connectivity index (χ1n) is 5.75. The van der Waals surface area contributed by atoms with Crippen molar-refractivity contribution in [3.05, 3.63) is 40.1 Å². The Morgan fingerprint density at radius 1 is 1.20 bits per heavy atom. The maximum absolute atomic E-state index is 10.4. The molecule has 1 atom stereocenters. The van der Waals surface area contributed by atoms with Crippen LogP contribution < -0.4 is 15.2 Å². The Hall–Kier alpha value is -1.86. The van der Waals surface area contributed by atoms with Gasteiger partial charge >= 0.3 is 0 Å². The van der Waals surface area contributed by atoms with Crippen LogP contribution in [0.5, 0.6) is 11.8 Å². The van der Waals surface area contributed by atoms with Crippen molar-refractivity contribution in [2.75, 3.05) is 20.0 Å². The van der Waals surface area contributed by atoms with E-state index in [-0.39, 0.29) is 5.82 Å². The molecule has 0 bridgehead atoms. The number of nitrogen functional groups attached to an aromatic ring is 1. The second-order valence-electron chi connectivity index (χ2n) is 3.96. The number of aliphatic hydroxyl groups excluding tert-OH is 1. The normalized spacial score (nSPS) is 12.0. The summed E-state index contributed by atoms with van der Waals surface area (Å²) in [5.74, 6) is 0.768. The maximum atomic E-state index is 10.4. The van der Waals surface area contributed by atoms with E-state index in [9.17, 15) is 5.11 Å². The zero-order valence-electron chi connectivity index (χ0n) is 11.0. The summed E-state index contributed by atoms with van der Waals surface area (Å²) in [6.45, 7) is 0. The molecule has 3 N–H and O–H groups in total. The van der Waals surface area contributed by atoms with Gasteiger partial charge in [-0.05, 0) is 22.0 Å². The molecule has 2 rings (SSSR count). The molecule has 0 aliphatic heterocycles. The lowest BCUT2D eigenvalue weighted by atomic mass is 10.1. The van der Waals surface area contributed by atoms with E-state index in [0.29, 0.717) is 27.5 Å². The van der Waals surface area contributed by atoms with Crippen LogP contribution in [-0.2, 0) is 0 Å². The smallest absolute Gasteiger partial charge is 0.220 e. The van der Waals surface area contributed by atoms with Crippen molar-refractivity contribution in [1.82, 2.24) is 9.97 Å². The monoisotopic (exact) mass is 339 g/mol. The van der Waals surface area contributed by atoms with E-state index in [2.05, 4.69) is 25.9 Å². The third-order valence-electron chi connectivity index (χ3n) is 2.74. The number of ether oxygens (including phenoxy) is 2. The first-order chi connectivity index (χ1) is 9.56. The molecule has 20 heavy (non-hydrogen) atoms. The number of anilines is 1. The highest BCUT2D eigenvalue weighted by Crippen LogP contribution is 2.31. The molecule has 2 aromatic rings. The van der Waals surface area contributed by atoms with Crippen LogP contribution in [0.4, 0.5) is 5.69 Å². The molecule has 1 aromatic carbocycles. The Morgan fingerprint density at radius 3 is 2.35 bits per heavy atom. The van der Waals surface area contributed by atoms with E-state index in [1.54, 1.807) is 18.2 Å². The van der Waals surface area contributed by atoms with Gasteiger partial charge in [-0.1, -0.05) is 12.1 Å². The van der Waals surface area contributed by atoms with Crippen LogP contribution in [0.2, 0.25) is 0 Å². The average Bonchev–Trinajstić information content (AvgIpc) is 2.48. The van der Waals surface area contributed by atoms with Crippen molar-refractivity contribution >= 4 is 21.6 Å². The summed E-state index contributed by atoms with van der Waals surface area (Å²) in [4.78, 5) is 8.23. The van der Waals surface area contributed by atoms with Gasteiger partial charge in [0.25, 0.3) is 0 Å². The van der Waals surface area contributed by atoms with Crippen molar-refractivity contribution in [2.24, 2.45) is 0 Å². The lowest BCUT2D eigenvalue weighted by molar-refractivity contribution is 0.206. The van der Waals surface area contributed by atoms with Crippen molar-refractivity contribution in [2.45, 2.75) is 6.10 Å². The van der Waals surface area contributed by atoms with Gasteiger partial charge in [0.05, 0.1) is 26.0 Å². The van der Waals surface area contributed by atoms with Crippen LogP contribution in [-0.4, -0.2) is 29.3 Å². The molecule has 0 saturated heterocycles. The number of hydrogen-bond acceptors (Lipinski definition) is 6. The molecular weight excluding hydrogens is 326 g/mol. The molecule has 0 aliphatic rings. The predicted octanol–water partition coefficient (Wildman–Crippen LogP) is 1.92. The van der Waals surface area contributed by atoms with Crippen LogP contribution in [0.25, 0.3) is 0 Å². The van der Waals surface area contributed by atoms with E-state index in [1.807, 2.05) is 0 Å². The number of rotatable bonds is 4. The van der Waals surface area contributed by atoms with Gasteiger partial charge in [0.1, 0.15) is 6.10 Å². The lowest BCUT2D eigenvalue weighted by Gasteiger charge is -2.14. The van der Waals surface area contributed by atoms with Crippen molar-refractivity contribution in [3.63, 3.8) is 0 Å². The fourth-order valence-electron chi connectivity index (χ4n) is 1.68. The van der Waals surface area contributed by atoms with E-state index >= 15 is 0 Å². The van der Waals surface area contributed by atoms with E-state index in [0.717, 1.165) is 0 Å². The number of nitrogens with zero attached hydrogens (tertiary/aromatic N) is 2. The maximum Gasteiger partial charge on any atom is 0.220 e. The van der Waals surface area contributed by atoms with Gasteiger partial charge in [0, 0.05) is 10.0 Å². The molecular formula is C13H14BrN3O3. The van der Waals surface area contributed by atoms with Crippen LogP contribution in [0.1, 0.15) is 17.5 Å². The van der Waals surface area contributed by atoms with Gasteiger partial charge in [0.2, 0.25) is 11.8 Å². The average molecular weight is 340 g/mol. The van der Waals surface area contributed by atoms with Crippen LogP contribution in [0.3, 0.4) is 0 Å². The van der Waals surface area contributed by atoms with Crippen LogP contribution in [0, 0.1) is 0 Å². The number of methoxy groups -OCH3 is 2. The molecule has 0 spiro atoms. The lowest BCUT2D eigenvalue weighted by Crippen LogP contribution is -2.09. The summed E-state index contributed by atoms with van der Waals surface area (Å²) < 4.78 is 10.8. The Balaban J connectivity index is 2.47. The zero-order valence-corrected chi connectivity index (χ0v) is 12.6. The second kappa shape index (κ2) is 6.06. The summed E-state index contributed by atoms with van der Waals surface area (Å²) in [6, 6.07) is 6.80. The van der Waals surface area contributed by atoms with Crippen LogP contribution in [0.15, 0.2) is 28.7 Å². The molecule has 6 nitrogen and oxygen atoms in total. The van der Waals surface area contributed by atoms with Gasteiger partial charge < -0.3 is 20.3 Å². The molecule has 0 radical (unpaired) electrons. The van der Waals surface area contributed by atoms with Gasteiger partial charge in [-0.15, -0.1) is 0 Å².